The molecule has 0 aliphatic heterocycles. The van der Waals surface area contributed by atoms with E-state index in [1.165, 1.54) is 11.3 Å². The van der Waals surface area contributed by atoms with Crippen molar-refractivity contribution in [1.82, 2.24) is 9.88 Å². The monoisotopic (exact) mass is 477 g/mol. The maximum atomic E-state index is 13.5. The number of rotatable bonds is 11. The second-order valence-electron chi connectivity index (χ2n) is 7.00. The molecule has 0 fully saturated rings. The molecule has 0 saturated heterocycles. The van der Waals surface area contributed by atoms with Crippen LogP contribution in [0, 0.1) is 0 Å². The third kappa shape index (κ3) is 6.34. The summed E-state index contributed by atoms with van der Waals surface area (Å²) in [6, 6.07) is 13.2. The van der Waals surface area contributed by atoms with Crippen molar-refractivity contribution in [3.8, 4) is 11.5 Å². The maximum absolute atomic E-state index is 13.5. The second-order valence-corrected chi connectivity index (χ2v) is 8.01. The fourth-order valence-corrected chi connectivity index (χ4v) is 4.36. The minimum atomic E-state index is -0.0562. The van der Waals surface area contributed by atoms with E-state index in [1.54, 1.807) is 4.90 Å². The van der Waals surface area contributed by atoms with Gasteiger partial charge in [-0.3, -0.25) is 9.69 Å². The number of anilines is 1. The Kier molecular flexibility index (Phi) is 10.2. The van der Waals surface area contributed by atoms with E-state index in [2.05, 4.69) is 18.7 Å². The Bertz CT molecular complexity index is 990. The molecule has 0 radical (unpaired) electrons. The lowest BCUT2D eigenvalue weighted by Crippen LogP contribution is -2.38. The molecule has 1 amide bonds. The predicted molar refractivity (Wildman–Crippen MR) is 135 cm³/mol. The SMILES string of the molecule is CCOc1ccc(C(=O)N(CCN(CC)CC)c2nc3ccc(OCC)cc3s2)cc1.Cl. The van der Waals surface area contributed by atoms with Crippen molar-refractivity contribution in [3.05, 3.63) is 48.0 Å². The molecular formula is C24H32ClN3O3S. The van der Waals surface area contributed by atoms with Gasteiger partial charge < -0.3 is 14.4 Å². The largest absolute Gasteiger partial charge is 0.494 e. The smallest absolute Gasteiger partial charge is 0.260 e. The third-order valence-corrected chi connectivity index (χ3v) is 6.12. The number of ether oxygens (including phenoxy) is 2. The summed E-state index contributed by atoms with van der Waals surface area (Å²) in [5, 5.41) is 0.703. The van der Waals surface area contributed by atoms with E-state index in [9.17, 15) is 4.79 Å². The lowest BCUT2D eigenvalue weighted by Gasteiger charge is -2.24. The molecule has 2 aromatic carbocycles. The number of benzene rings is 2. The number of halogens is 1. The average molecular weight is 478 g/mol. The molecule has 0 aliphatic rings. The van der Waals surface area contributed by atoms with Gasteiger partial charge in [0.2, 0.25) is 0 Å². The summed E-state index contributed by atoms with van der Waals surface area (Å²) < 4.78 is 12.1. The first kappa shape index (κ1) is 25.9. The molecule has 0 unspecified atom stereocenters. The van der Waals surface area contributed by atoms with Gasteiger partial charge in [-0.15, -0.1) is 12.4 Å². The van der Waals surface area contributed by atoms with E-state index >= 15 is 0 Å². The summed E-state index contributed by atoms with van der Waals surface area (Å²) in [4.78, 5) is 22.3. The molecule has 1 heterocycles. The van der Waals surface area contributed by atoms with Gasteiger partial charge in [0.1, 0.15) is 11.5 Å². The number of hydrogen-bond acceptors (Lipinski definition) is 6. The molecule has 3 rings (SSSR count). The van der Waals surface area contributed by atoms with Gasteiger partial charge >= 0.3 is 0 Å². The molecule has 8 heteroatoms. The van der Waals surface area contributed by atoms with Crippen molar-refractivity contribution in [2.24, 2.45) is 0 Å². The normalized spacial score (nSPS) is 10.8. The van der Waals surface area contributed by atoms with Crippen LogP contribution in [0.15, 0.2) is 42.5 Å². The van der Waals surface area contributed by atoms with E-state index in [1.807, 2.05) is 56.3 Å². The lowest BCUT2D eigenvalue weighted by atomic mass is 10.2. The number of carbonyl (C=O) groups is 1. The first-order valence-corrected chi connectivity index (χ1v) is 11.7. The Balaban J connectivity index is 0.00000363. The van der Waals surface area contributed by atoms with Crippen LogP contribution in [0.4, 0.5) is 5.13 Å². The molecule has 6 nitrogen and oxygen atoms in total. The minimum absolute atomic E-state index is 0. The molecule has 0 spiro atoms. The Hall–Kier alpha value is -2.35. The van der Waals surface area contributed by atoms with Crippen LogP contribution in [0.5, 0.6) is 11.5 Å². The Labute approximate surface area is 200 Å². The molecule has 0 saturated carbocycles. The summed E-state index contributed by atoms with van der Waals surface area (Å²) in [6.45, 7) is 12.6. The van der Waals surface area contributed by atoms with Crippen LogP contribution in [-0.4, -0.2) is 55.2 Å². The van der Waals surface area contributed by atoms with E-state index in [-0.39, 0.29) is 18.3 Å². The number of amides is 1. The van der Waals surface area contributed by atoms with Crippen molar-refractivity contribution in [1.29, 1.82) is 0 Å². The molecule has 32 heavy (non-hydrogen) atoms. The van der Waals surface area contributed by atoms with E-state index in [0.29, 0.717) is 30.5 Å². The second kappa shape index (κ2) is 12.6. The van der Waals surface area contributed by atoms with E-state index in [4.69, 9.17) is 14.5 Å². The van der Waals surface area contributed by atoms with Crippen molar-refractivity contribution in [2.45, 2.75) is 27.7 Å². The predicted octanol–water partition coefficient (Wildman–Crippen LogP) is 5.50. The van der Waals surface area contributed by atoms with Crippen LogP contribution in [0.3, 0.4) is 0 Å². The van der Waals surface area contributed by atoms with Gasteiger partial charge in [-0.2, -0.15) is 0 Å². The first-order chi connectivity index (χ1) is 15.1. The van der Waals surface area contributed by atoms with Crippen LogP contribution >= 0.6 is 23.7 Å². The van der Waals surface area contributed by atoms with Gasteiger partial charge in [0.05, 0.1) is 23.4 Å². The number of nitrogens with zero attached hydrogens (tertiary/aromatic N) is 3. The fraction of sp³-hybridized carbons (Fsp3) is 0.417. The first-order valence-electron chi connectivity index (χ1n) is 10.9. The molecule has 0 atom stereocenters. The van der Waals surface area contributed by atoms with Gasteiger partial charge in [-0.25, -0.2) is 4.98 Å². The van der Waals surface area contributed by atoms with Crippen molar-refractivity contribution >= 4 is 45.0 Å². The van der Waals surface area contributed by atoms with Gasteiger partial charge in [0.25, 0.3) is 5.91 Å². The summed E-state index contributed by atoms with van der Waals surface area (Å²) in [6.07, 6.45) is 0. The highest BCUT2D eigenvalue weighted by Crippen LogP contribution is 2.32. The molecular weight excluding hydrogens is 446 g/mol. The molecule has 3 aromatic rings. The zero-order valence-electron chi connectivity index (χ0n) is 19.2. The summed E-state index contributed by atoms with van der Waals surface area (Å²) in [7, 11) is 0. The number of thiazole rings is 1. The van der Waals surface area contributed by atoms with Crippen LogP contribution in [0.25, 0.3) is 10.2 Å². The van der Waals surface area contributed by atoms with Crippen LogP contribution < -0.4 is 14.4 Å². The molecule has 0 N–H and O–H groups in total. The number of hydrogen-bond donors (Lipinski definition) is 0. The minimum Gasteiger partial charge on any atom is -0.494 e. The summed E-state index contributed by atoms with van der Waals surface area (Å²) >= 11 is 1.52. The zero-order chi connectivity index (χ0) is 22.2. The highest BCUT2D eigenvalue weighted by molar-refractivity contribution is 7.22. The maximum Gasteiger partial charge on any atom is 0.260 e. The number of aromatic nitrogens is 1. The molecule has 0 bridgehead atoms. The number of carbonyl (C=O) groups excluding carboxylic acids is 1. The molecule has 0 aliphatic carbocycles. The molecule has 1 aromatic heterocycles. The zero-order valence-corrected chi connectivity index (χ0v) is 20.8. The third-order valence-electron chi connectivity index (χ3n) is 5.08. The molecule has 174 valence electrons. The standard InChI is InChI=1S/C24H31N3O3S.ClH/c1-5-26(6-2)15-16-27(23(28)18-9-11-19(12-10-18)29-7-3)24-25-21-14-13-20(30-8-4)17-22(21)31-24;/h9-14,17H,5-8,15-16H2,1-4H3;1H. The number of fused-ring (bicyclic) bond motifs is 1. The Morgan fingerprint density at radius 2 is 1.53 bits per heavy atom. The quantitative estimate of drug-likeness (QED) is 0.364. The highest BCUT2D eigenvalue weighted by atomic mass is 35.5. The van der Waals surface area contributed by atoms with Gasteiger partial charge in [0, 0.05) is 18.7 Å². The highest BCUT2D eigenvalue weighted by Gasteiger charge is 2.22. The topological polar surface area (TPSA) is 54.9 Å². The van der Waals surface area contributed by atoms with Gasteiger partial charge in [0.15, 0.2) is 5.13 Å². The van der Waals surface area contributed by atoms with Crippen molar-refractivity contribution in [2.75, 3.05) is 44.3 Å². The Morgan fingerprint density at radius 3 is 2.16 bits per heavy atom. The lowest BCUT2D eigenvalue weighted by molar-refractivity contribution is 0.0983. The average Bonchev–Trinajstić information content (AvgIpc) is 3.20. The van der Waals surface area contributed by atoms with Crippen LogP contribution in [0.2, 0.25) is 0 Å². The van der Waals surface area contributed by atoms with E-state index < -0.39 is 0 Å². The van der Waals surface area contributed by atoms with Gasteiger partial charge in [-0.05, 0) is 69.4 Å². The van der Waals surface area contributed by atoms with Crippen molar-refractivity contribution < 1.29 is 14.3 Å². The van der Waals surface area contributed by atoms with Crippen LogP contribution in [-0.2, 0) is 0 Å². The summed E-state index contributed by atoms with van der Waals surface area (Å²) in [5.41, 5.74) is 1.49. The number of likely N-dealkylation sites (N-methyl/N-ethyl adjacent to an activating group) is 1. The van der Waals surface area contributed by atoms with E-state index in [0.717, 1.165) is 41.3 Å². The fourth-order valence-electron chi connectivity index (χ4n) is 3.35. The Morgan fingerprint density at radius 1 is 0.906 bits per heavy atom. The van der Waals surface area contributed by atoms with Gasteiger partial charge in [-0.1, -0.05) is 25.2 Å². The van der Waals surface area contributed by atoms with Crippen LogP contribution in [0.1, 0.15) is 38.1 Å². The van der Waals surface area contributed by atoms with Crippen molar-refractivity contribution in [3.63, 3.8) is 0 Å². The summed E-state index contributed by atoms with van der Waals surface area (Å²) in [5.74, 6) is 1.52.